The van der Waals surface area contributed by atoms with E-state index in [9.17, 15) is 4.79 Å². The molecule has 0 fully saturated rings. The van der Waals surface area contributed by atoms with Gasteiger partial charge in [0, 0.05) is 0 Å². The van der Waals surface area contributed by atoms with E-state index in [4.69, 9.17) is 10.8 Å². The van der Waals surface area contributed by atoms with Crippen LogP contribution in [0.25, 0.3) is 0 Å². The molecule has 3 nitrogen and oxygen atoms in total. The highest BCUT2D eigenvalue weighted by atomic mass is 16.4. The molecule has 1 atom stereocenters. The Morgan fingerprint density at radius 1 is 1.00 bits per heavy atom. The third-order valence-corrected chi connectivity index (χ3v) is 2.94. The first-order chi connectivity index (χ1) is 7.68. The number of carboxylic acid groups (broad SMARTS) is 1. The molecule has 0 aliphatic heterocycles. The first-order valence-electron chi connectivity index (χ1n) is 6.67. The van der Waals surface area contributed by atoms with Crippen LogP contribution in [0.1, 0.15) is 71.1 Å². The van der Waals surface area contributed by atoms with Crippen LogP contribution < -0.4 is 5.73 Å². The summed E-state index contributed by atoms with van der Waals surface area (Å²) in [5, 5.41) is 8.58. The number of aliphatic carboxylic acids is 1. The highest BCUT2D eigenvalue weighted by Crippen LogP contribution is 2.10. The smallest absolute Gasteiger partial charge is 0.320 e. The van der Waals surface area contributed by atoms with E-state index in [-0.39, 0.29) is 0 Å². The van der Waals surface area contributed by atoms with Gasteiger partial charge in [0.25, 0.3) is 0 Å². The zero-order chi connectivity index (χ0) is 12.2. The second-order valence-corrected chi connectivity index (χ2v) is 4.56. The van der Waals surface area contributed by atoms with E-state index in [0.717, 1.165) is 12.8 Å². The minimum absolute atomic E-state index is 0.616. The summed E-state index contributed by atoms with van der Waals surface area (Å²) in [4.78, 5) is 10.4. The van der Waals surface area contributed by atoms with Crippen molar-refractivity contribution in [3.8, 4) is 0 Å². The van der Waals surface area contributed by atoms with Crippen LogP contribution >= 0.6 is 0 Å². The van der Waals surface area contributed by atoms with Crippen LogP contribution in [-0.4, -0.2) is 17.1 Å². The molecule has 0 aromatic carbocycles. The molecule has 0 aliphatic rings. The van der Waals surface area contributed by atoms with Gasteiger partial charge in [-0.1, -0.05) is 64.7 Å². The average Bonchev–Trinajstić information content (AvgIpc) is 2.26. The third kappa shape index (κ3) is 9.97. The monoisotopic (exact) mass is 229 g/mol. The van der Waals surface area contributed by atoms with Gasteiger partial charge in [-0.15, -0.1) is 0 Å². The number of rotatable bonds is 11. The Bertz CT molecular complexity index is 171. The summed E-state index contributed by atoms with van der Waals surface area (Å²) < 4.78 is 0. The Morgan fingerprint density at radius 3 is 1.88 bits per heavy atom. The fourth-order valence-corrected chi connectivity index (χ4v) is 1.80. The van der Waals surface area contributed by atoms with Crippen molar-refractivity contribution in [1.82, 2.24) is 0 Å². The summed E-state index contributed by atoms with van der Waals surface area (Å²) in [6.45, 7) is 2.23. The molecule has 0 heterocycles. The molecule has 0 unspecified atom stereocenters. The second-order valence-electron chi connectivity index (χ2n) is 4.56. The summed E-state index contributed by atoms with van der Waals surface area (Å²) in [5.41, 5.74) is 5.41. The maximum absolute atomic E-state index is 10.4. The van der Waals surface area contributed by atoms with Crippen LogP contribution in [0.3, 0.4) is 0 Å². The largest absolute Gasteiger partial charge is 0.480 e. The Labute approximate surface area is 99.4 Å². The van der Waals surface area contributed by atoms with Crippen LogP contribution in [0.4, 0.5) is 0 Å². The molecule has 16 heavy (non-hydrogen) atoms. The summed E-state index contributed by atoms with van der Waals surface area (Å²) in [6, 6.07) is -0.662. The predicted octanol–water partition coefficient (Wildman–Crippen LogP) is 3.32. The Morgan fingerprint density at radius 2 is 1.44 bits per heavy atom. The van der Waals surface area contributed by atoms with Crippen molar-refractivity contribution >= 4 is 5.97 Å². The summed E-state index contributed by atoms with van der Waals surface area (Å²) >= 11 is 0. The molecule has 0 bridgehead atoms. The van der Waals surface area contributed by atoms with E-state index < -0.39 is 12.0 Å². The number of unbranched alkanes of at least 4 members (excludes halogenated alkanes) is 8. The summed E-state index contributed by atoms with van der Waals surface area (Å²) in [6.07, 6.45) is 11.9. The number of carboxylic acids is 1. The Hall–Kier alpha value is -0.570. The minimum atomic E-state index is -0.875. The standard InChI is InChI=1S/C13H27NO2/c1-2-3-4-5-6-7-8-9-10-11-12(14)13(15)16/h12H,2-11,14H2,1H3,(H,15,16)/t12-/m0/s1. The maximum Gasteiger partial charge on any atom is 0.320 e. The lowest BCUT2D eigenvalue weighted by atomic mass is 10.0. The lowest BCUT2D eigenvalue weighted by Crippen LogP contribution is -2.29. The topological polar surface area (TPSA) is 63.3 Å². The quantitative estimate of drug-likeness (QED) is 0.534. The van der Waals surface area contributed by atoms with Crippen LogP contribution in [0, 0.1) is 0 Å². The first-order valence-corrected chi connectivity index (χ1v) is 6.67. The maximum atomic E-state index is 10.4. The van der Waals surface area contributed by atoms with E-state index in [0.29, 0.717) is 6.42 Å². The fourth-order valence-electron chi connectivity index (χ4n) is 1.80. The minimum Gasteiger partial charge on any atom is -0.480 e. The molecule has 0 saturated heterocycles. The molecular formula is C13H27NO2. The fraction of sp³-hybridized carbons (Fsp3) is 0.923. The highest BCUT2D eigenvalue weighted by Gasteiger charge is 2.09. The SMILES string of the molecule is CCCCCCCCCCC[C@H](N)C(=O)O. The summed E-state index contributed by atoms with van der Waals surface area (Å²) in [7, 11) is 0. The molecule has 0 aromatic rings. The van der Waals surface area contributed by atoms with Gasteiger partial charge in [-0.2, -0.15) is 0 Å². The van der Waals surface area contributed by atoms with Crippen LogP contribution in [0.2, 0.25) is 0 Å². The molecule has 96 valence electrons. The Balaban J connectivity index is 3.07. The van der Waals surface area contributed by atoms with Gasteiger partial charge in [0.15, 0.2) is 0 Å². The van der Waals surface area contributed by atoms with Gasteiger partial charge < -0.3 is 10.8 Å². The van der Waals surface area contributed by atoms with Crippen LogP contribution in [0.15, 0.2) is 0 Å². The van der Waals surface area contributed by atoms with Crippen LogP contribution in [-0.2, 0) is 4.79 Å². The van der Waals surface area contributed by atoms with Crippen molar-refractivity contribution in [3.05, 3.63) is 0 Å². The molecular weight excluding hydrogens is 202 g/mol. The van der Waals surface area contributed by atoms with Crippen molar-refractivity contribution in [1.29, 1.82) is 0 Å². The highest BCUT2D eigenvalue weighted by molar-refractivity contribution is 5.72. The van der Waals surface area contributed by atoms with E-state index in [1.54, 1.807) is 0 Å². The molecule has 0 radical (unpaired) electrons. The van der Waals surface area contributed by atoms with E-state index >= 15 is 0 Å². The van der Waals surface area contributed by atoms with Crippen molar-refractivity contribution in [2.24, 2.45) is 5.73 Å². The number of hydrogen-bond donors (Lipinski definition) is 2. The van der Waals surface area contributed by atoms with E-state index in [1.165, 1.54) is 44.9 Å². The number of hydrogen-bond acceptors (Lipinski definition) is 2. The zero-order valence-electron chi connectivity index (χ0n) is 10.6. The normalized spacial score (nSPS) is 12.6. The molecule has 0 aromatic heterocycles. The third-order valence-electron chi connectivity index (χ3n) is 2.94. The molecule has 0 amide bonds. The van der Waals surface area contributed by atoms with Gasteiger partial charge in [0.2, 0.25) is 0 Å². The lowest BCUT2D eigenvalue weighted by Gasteiger charge is -2.05. The van der Waals surface area contributed by atoms with Crippen LogP contribution in [0.5, 0.6) is 0 Å². The molecule has 3 heteroatoms. The number of nitrogens with two attached hydrogens (primary N) is 1. The van der Waals surface area contributed by atoms with Crippen molar-refractivity contribution in [3.63, 3.8) is 0 Å². The molecule has 0 rings (SSSR count). The lowest BCUT2D eigenvalue weighted by molar-refractivity contribution is -0.138. The molecule has 0 spiro atoms. The molecule has 0 aliphatic carbocycles. The average molecular weight is 229 g/mol. The summed E-state index contributed by atoms with van der Waals surface area (Å²) in [5.74, 6) is -0.875. The van der Waals surface area contributed by atoms with Gasteiger partial charge in [-0.05, 0) is 6.42 Å². The van der Waals surface area contributed by atoms with Gasteiger partial charge in [-0.25, -0.2) is 0 Å². The first kappa shape index (κ1) is 15.4. The van der Waals surface area contributed by atoms with Crippen molar-refractivity contribution < 1.29 is 9.90 Å². The number of carbonyl (C=O) groups is 1. The van der Waals surface area contributed by atoms with E-state index in [2.05, 4.69) is 6.92 Å². The van der Waals surface area contributed by atoms with Gasteiger partial charge >= 0.3 is 5.97 Å². The Kier molecular flexibility index (Phi) is 10.5. The van der Waals surface area contributed by atoms with Crippen molar-refractivity contribution in [2.75, 3.05) is 0 Å². The zero-order valence-corrected chi connectivity index (χ0v) is 10.6. The van der Waals surface area contributed by atoms with Gasteiger partial charge in [0.1, 0.15) is 6.04 Å². The predicted molar refractivity (Wildman–Crippen MR) is 67.5 cm³/mol. The molecule has 3 N–H and O–H groups in total. The second kappa shape index (κ2) is 10.9. The molecule has 0 saturated carbocycles. The van der Waals surface area contributed by atoms with Gasteiger partial charge in [-0.3, -0.25) is 4.79 Å². The van der Waals surface area contributed by atoms with Crippen molar-refractivity contribution in [2.45, 2.75) is 77.2 Å². The van der Waals surface area contributed by atoms with E-state index in [1.807, 2.05) is 0 Å². The van der Waals surface area contributed by atoms with Gasteiger partial charge in [0.05, 0.1) is 0 Å².